The molecular formula is C18H11N3O. The molecule has 3 aromatic carbocycles. The van der Waals surface area contributed by atoms with E-state index in [2.05, 4.69) is 4.98 Å². The summed E-state index contributed by atoms with van der Waals surface area (Å²) in [7, 11) is 0. The molecule has 5 rings (SSSR count). The van der Waals surface area contributed by atoms with Crippen LogP contribution in [0, 0.1) is 0 Å². The number of nitrogens with zero attached hydrogens (tertiary/aromatic N) is 2. The molecule has 0 spiro atoms. The van der Waals surface area contributed by atoms with E-state index in [-0.39, 0.29) is 5.56 Å². The fourth-order valence-electron chi connectivity index (χ4n) is 3.33. The molecule has 2 N–H and O–H groups in total. The van der Waals surface area contributed by atoms with Gasteiger partial charge in [-0.15, -0.1) is 0 Å². The minimum Gasteiger partial charge on any atom is -0.398 e. The number of fused-ring (bicyclic) bond motifs is 4. The van der Waals surface area contributed by atoms with Crippen molar-refractivity contribution in [2.45, 2.75) is 0 Å². The van der Waals surface area contributed by atoms with E-state index in [0.29, 0.717) is 16.7 Å². The zero-order valence-electron chi connectivity index (χ0n) is 11.6. The van der Waals surface area contributed by atoms with E-state index >= 15 is 0 Å². The average molecular weight is 285 g/mol. The third kappa shape index (κ3) is 1.22. The van der Waals surface area contributed by atoms with Gasteiger partial charge in [-0.25, -0.2) is 4.98 Å². The maximum Gasteiger partial charge on any atom is 0.264 e. The molecule has 104 valence electrons. The molecule has 0 saturated carbocycles. The molecule has 0 aliphatic rings. The Morgan fingerprint density at radius 2 is 1.68 bits per heavy atom. The van der Waals surface area contributed by atoms with Crippen molar-refractivity contribution in [3.8, 4) is 0 Å². The van der Waals surface area contributed by atoms with Gasteiger partial charge < -0.3 is 5.73 Å². The summed E-state index contributed by atoms with van der Waals surface area (Å²) in [5.74, 6) is 0. The lowest BCUT2D eigenvalue weighted by Gasteiger charge is -2.08. The number of nitrogens with two attached hydrogens (primary N) is 1. The molecule has 4 heteroatoms. The van der Waals surface area contributed by atoms with Crippen LogP contribution in [0.15, 0.2) is 59.4 Å². The van der Waals surface area contributed by atoms with Crippen molar-refractivity contribution in [3.05, 3.63) is 65.0 Å². The predicted octanol–water partition coefficient (Wildman–Crippen LogP) is 3.17. The second kappa shape index (κ2) is 3.74. The standard InChI is InChI=1S/C18H11N3O/c19-13-9-8-12-16-10(13)4-3-5-11(16)17-20-14-6-1-2-7-15(14)21(17)18(12)22/h1-9H,19H2. The van der Waals surface area contributed by atoms with Gasteiger partial charge in [0.05, 0.1) is 11.0 Å². The van der Waals surface area contributed by atoms with Crippen LogP contribution in [0.1, 0.15) is 0 Å². The number of anilines is 1. The first-order valence-corrected chi connectivity index (χ1v) is 7.09. The van der Waals surface area contributed by atoms with E-state index < -0.39 is 0 Å². The van der Waals surface area contributed by atoms with Gasteiger partial charge in [-0.05, 0) is 24.3 Å². The zero-order valence-corrected chi connectivity index (χ0v) is 11.6. The normalized spacial score (nSPS) is 12.0. The van der Waals surface area contributed by atoms with Gasteiger partial charge in [-0.3, -0.25) is 9.20 Å². The maximum atomic E-state index is 13.0. The van der Waals surface area contributed by atoms with Crippen molar-refractivity contribution in [3.63, 3.8) is 0 Å². The first-order chi connectivity index (χ1) is 10.8. The maximum absolute atomic E-state index is 13.0. The van der Waals surface area contributed by atoms with Crippen LogP contribution >= 0.6 is 0 Å². The second-order valence-corrected chi connectivity index (χ2v) is 5.50. The molecule has 0 saturated heterocycles. The van der Waals surface area contributed by atoms with Crippen LogP contribution in [0.4, 0.5) is 5.69 Å². The molecule has 0 fully saturated rings. The van der Waals surface area contributed by atoms with E-state index in [1.54, 1.807) is 16.5 Å². The first kappa shape index (κ1) is 11.5. The van der Waals surface area contributed by atoms with E-state index in [9.17, 15) is 4.79 Å². The smallest absolute Gasteiger partial charge is 0.264 e. The lowest BCUT2D eigenvalue weighted by molar-refractivity contribution is 1.19. The van der Waals surface area contributed by atoms with E-state index in [4.69, 9.17) is 5.73 Å². The van der Waals surface area contributed by atoms with Crippen LogP contribution in [0.3, 0.4) is 0 Å². The van der Waals surface area contributed by atoms with Gasteiger partial charge in [0.15, 0.2) is 0 Å². The Morgan fingerprint density at radius 1 is 0.864 bits per heavy atom. The molecule has 2 heterocycles. The molecule has 0 amide bonds. The van der Waals surface area contributed by atoms with Crippen LogP contribution in [0.5, 0.6) is 0 Å². The Bertz CT molecular complexity index is 1250. The number of pyridine rings is 1. The summed E-state index contributed by atoms with van der Waals surface area (Å²) in [4.78, 5) is 17.6. The summed E-state index contributed by atoms with van der Waals surface area (Å²) >= 11 is 0. The quantitative estimate of drug-likeness (QED) is 0.444. The summed E-state index contributed by atoms with van der Waals surface area (Å²) in [6.07, 6.45) is 0. The van der Waals surface area contributed by atoms with Gasteiger partial charge in [0.1, 0.15) is 5.65 Å². The largest absolute Gasteiger partial charge is 0.398 e. The number of para-hydroxylation sites is 2. The summed E-state index contributed by atoms with van der Waals surface area (Å²) in [6, 6.07) is 17.2. The van der Waals surface area contributed by atoms with Crippen LogP contribution in [-0.2, 0) is 0 Å². The third-order valence-electron chi connectivity index (χ3n) is 4.31. The highest BCUT2D eigenvalue weighted by atomic mass is 16.1. The Kier molecular flexibility index (Phi) is 1.96. The van der Waals surface area contributed by atoms with Crippen LogP contribution in [0.2, 0.25) is 0 Å². The van der Waals surface area contributed by atoms with E-state index in [1.807, 2.05) is 42.5 Å². The summed E-state index contributed by atoms with van der Waals surface area (Å²) in [5, 5.41) is 3.43. The molecule has 22 heavy (non-hydrogen) atoms. The minimum atomic E-state index is -0.0487. The van der Waals surface area contributed by atoms with Gasteiger partial charge in [0, 0.05) is 27.2 Å². The van der Waals surface area contributed by atoms with Crippen LogP contribution in [-0.4, -0.2) is 9.38 Å². The van der Waals surface area contributed by atoms with Crippen molar-refractivity contribution < 1.29 is 0 Å². The monoisotopic (exact) mass is 285 g/mol. The van der Waals surface area contributed by atoms with Gasteiger partial charge in [-0.1, -0.05) is 30.3 Å². The molecule has 5 aromatic rings. The van der Waals surface area contributed by atoms with Crippen molar-refractivity contribution in [2.24, 2.45) is 0 Å². The third-order valence-corrected chi connectivity index (χ3v) is 4.31. The number of imidazole rings is 1. The van der Waals surface area contributed by atoms with Gasteiger partial charge in [0.25, 0.3) is 5.56 Å². The van der Waals surface area contributed by atoms with Crippen molar-refractivity contribution >= 4 is 43.9 Å². The highest BCUT2D eigenvalue weighted by molar-refractivity contribution is 6.18. The Balaban J connectivity index is 2.25. The minimum absolute atomic E-state index is 0.0487. The van der Waals surface area contributed by atoms with Crippen molar-refractivity contribution in [1.82, 2.24) is 9.38 Å². The highest BCUT2D eigenvalue weighted by Crippen LogP contribution is 2.32. The second-order valence-electron chi connectivity index (χ2n) is 5.50. The topological polar surface area (TPSA) is 60.4 Å². The molecule has 2 aromatic heterocycles. The summed E-state index contributed by atoms with van der Waals surface area (Å²) in [6.45, 7) is 0. The average Bonchev–Trinajstić information content (AvgIpc) is 2.94. The van der Waals surface area contributed by atoms with E-state index in [1.165, 1.54) is 0 Å². The Morgan fingerprint density at radius 3 is 2.59 bits per heavy atom. The molecule has 0 aliphatic carbocycles. The summed E-state index contributed by atoms with van der Waals surface area (Å²) < 4.78 is 1.70. The number of rotatable bonds is 0. The van der Waals surface area contributed by atoms with Crippen LogP contribution in [0.25, 0.3) is 38.2 Å². The lowest BCUT2D eigenvalue weighted by Crippen LogP contribution is -2.13. The fraction of sp³-hybridized carbons (Fsp3) is 0. The molecule has 0 atom stereocenters. The molecule has 0 bridgehead atoms. The van der Waals surface area contributed by atoms with E-state index in [0.717, 1.165) is 27.2 Å². The number of hydrogen-bond acceptors (Lipinski definition) is 3. The molecule has 0 radical (unpaired) electrons. The van der Waals surface area contributed by atoms with Crippen molar-refractivity contribution in [2.75, 3.05) is 5.73 Å². The van der Waals surface area contributed by atoms with Crippen molar-refractivity contribution in [1.29, 1.82) is 0 Å². The number of hydrogen-bond donors (Lipinski definition) is 1. The SMILES string of the molecule is Nc1ccc2c(=O)n3c4ccccc4nc3c3cccc1c23. The molecule has 0 unspecified atom stereocenters. The van der Waals surface area contributed by atoms with Crippen LogP contribution < -0.4 is 11.3 Å². The lowest BCUT2D eigenvalue weighted by atomic mass is 10.0. The van der Waals surface area contributed by atoms with Gasteiger partial charge in [-0.2, -0.15) is 0 Å². The van der Waals surface area contributed by atoms with Gasteiger partial charge in [0.2, 0.25) is 0 Å². The highest BCUT2D eigenvalue weighted by Gasteiger charge is 2.16. The molecular weight excluding hydrogens is 274 g/mol. The zero-order chi connectivity index (χ0) is 14.8. The summed E-state index contributed by atoms with van der Waals surface area (Å²) in [5.41, 5.74) is 9.05. The van der Waals surface area contributed by atoms with Gasteiger partial charge >= 0.3 is 0 Å². The molecule has 0 aliphatic heterocycles. The first-order valence-electron chi connectivity index (χ1n) is 7.09. The number of nitrogen functional groups attached to an aromatic ring is 1. The Labute approximate surface area is 124 Å². The fourth-order valence-corrected chi connectivity index (χ4v) is 3.33. The molecule has 4 nitrogen and oxygen atoms in total. The predicted molar refractivity (Wildman–Crippen MR) is 89.6 cm³/mol. The number of aromatic nitrogens is 2. The number of benzene rings is 3. The Hall–Kier alpha value is -3.14.